The van der Waals surface area contributed by atoms with E-state index in [1.54, 1.807) is 6.92 Å². The van der Waals surface area contributed by atoms with E-state index < -0.39 is 0 Å². The van der Waals surface area contributed by atoms with Crippen LogP contribution in [0.15, 0.2) is 24.3 Å². The molecule has 1 N–H and O–H groups in total. The van der Waals surface area contributed by atoms with Gasteiger partial charge < -0.3 is 5.32 Å². The Balaban J connectivity index is 1.81. The molecule has 1 aliphatic rings. The molecule has 1 aromatic heterocycles. The molecule has 0 atom stereocenters. The number of aryl methyl sites for hydroxylation is 2. The molecule has 3 rings (SSSR count). The molecule has 2 amide bonds. The van der Waals surface area contributed by atoms with Crippen molar-refractivity contribution in [2.45, 2.75) is 52.0 Å². The van der Waals surface area contributed by atoms with Crippen molar-refractivity contribution in [3.8, 4) is 0 Å². The number of anilines is 1. The van der Waals surface area contributed by atoms with Crippen LogP contribution in [0, 0.1) is 19.7 Å². The number of halogens is 1. The third-order valence-corrected chi connectivity index (χ3v) is 5.81. The average molecular weight is 389 g/mol. The van der Waals surface area contributed by atoms with E-state index in [9.17, 15) is 14.0 Å². The molecule has 5 nitrogen and oxygen atoms in total. The molecule has 0 unspecified atom stereocenters. The van der Waals surface area contributed by atoms with E-state index in [1.165, 1.54) is 46.9 Å². The van der Waals surface area contributed by atoms with E-state index in [4.69, 9.17) is 0 Å². The van der Waals surface area contributed by atoms with E-state index in [2.05, 4.69) is 10.3 Å². The van der Waals surface area contributed by atoms with Gasteiger partial charge in [0, 0.05) is 11.7 Å². The van der Waals surface area contributed by atoms with Gasteiger partial charge >= 0.3 is 0 Å². The second-order valence-corrected chi connectivity index (χ2v) is 8.12. The zero-order valence-electron chi connectivity index (χ0n) is 15.6. The molecule has 2 aromatic rings. The second kappa shape index (κ2) is 8.61. The van der Waals surface area contributed by atoms with Crippen molar-refractivity contribution >= 4 is 28.8 Å². The van der Waals surface area contributed by atoms with Gasteiger partial charge in [0.15, 0.2) is 0 Å². The fraction of sp³-hybridized carbons (Fsp3) is 0.450. The third kappa shape index (κ3) is 4.91. The van der Waals surface area contributed by atoms with E-state index in [0.29, 0.717) is 16.3 Å². The van der Waals surface area contributed by atoms with Crippen LogP contribution in [-0.2, 0) is 4.79 Å². The Bertz CT molecular complexity index is 813. The van der Waals surface area contributed by atoms with Gasteiger partial charge in [-0.3, -0.25) is 14.5 Å². The van der Waals surface area contributed by atoms with Crippen molar-refractivity contribution in [1.82, 2.24) is 10.3 Å². The Labute approximate surface area is 162 Å². The molecule has 1 aromatic carbocycles. The first-order valence-electron chi connectivity index (χ1n) is 9.25. The van der Waals surface area contributed by atoms with Crippen LogP contribution in [0.5, 0.6) is 0 Å². The Morgan fingerprint density at radius 3 is 2.44 bits per heavy atom. The number of hydrogen-bond donors (Lipinski definition) is 1. The molecule has 27 heavy (non-hydrogen) atoms. The Morgan fingerprint density at radius 1 is 1.19 bits per heavy atom. The summed E-state index contributed by atoms with van der Waals surface area (Å²) in [4.78, 5) is 31.9. The largest absolute Gasteiger partial charge is 0.352 e. The highest BCUT2D eigenvalue weighted by Gasteiger charge is 2.25. The molecule has 0 saturated heterocycles. The van der Waals surface area contributed by atoms with Gasteiger partial charge in [-0.1, -0.05) is 19.3 Å². The summed E-state index contributed by atoms with van der Waals surface area (Å²) in [6, 6.07) is 5.79. The number of nitrogens with zero attached hydrogens (tertiary/aromatic N) is 2. The summed E-state index contributed by atoms with van der Waals surface area (Å²) < 4.78 is 13.3. The summed E-state index contributed by atoms with van der Waals surface area (Å²) in [6.07, 6.45) is 5.39. The minimum absolute atomic E-state index is 0.0998. The molecular weight excluding hydrogens is 365 g/mol. The standard InChI is InChI=1S/C20H24FN3O2S/c1-13-19(27-14(2)22-13)20(26)24(17-10-8-15(21)9-11-17)12-18(25)23-16-6-4-3-5-7-16/h8-11,16H,3-7,12H2,1-2H3,(H,23,25). The first kappa shape index (κ1) is 19.5. The van der Waals surface area contributed by atoms with Gasteiger partial charge in [-0.2, -0.15) is 0 Å². The van der Waals surface area contributed by atoms with E-state index in [0.717, 1.165) is 30.7 Å². The van der Waals surface area contributed by atoms with Gasteiger partial charge in [0.25, 0.3) is 5.91 Å². The molecule has 7 heteroatoms. The van der Waals surface area contributed by atoms with Gasteiger partial charge in [-0.15, -0.1) is 11.3 Å². The number of amides is 2. The quantitative estimate of drug-likeness (QED) is 0.841. The maximum atomic E-state index is 13.3. The van der Waals surface area contributed by atoms with Crippen molar-refractivity contribution in [3.63, 3.8) is 0 Å². The van der Waals surface area contributed by atoms with Gasteiger partial charge in [-0.25, -0.2) is 9.37 Å². The average Bonchev–Trinajstić information content (AvgIpc) is 2.99. The molecular formula is C20H24FN3O2S. The number of benzene rings is 1. The number of carbonyl (C=O) groups excluding carboxylic acids is 2. The fourth-order valence-corrected chi connectivity index (χ4v) is 4.29. The molecule has 0 spiro atoms. The highest BCUT2D eigenvalue weighted by molar-refractivity contribution is 7.13. The SMILES string of the molecule is Cc1nc(C)c(C(=O)N(CC(=O)NC2CCCCC2)c2ccc(F)cc2)s1. The number of aromatic nitrogens is 1. The van der Waals surface area contributed by atoms with Crippen molar-refractivity contribution in [2.75, 3.05) is 11.4 Å². The van der Waals surface area contributed by atoms with Crippen LogP contribution in [0.4, 0.5) is 10.1 Å². The van der Waals surface area contributed by atoms with Crippen LogP contribution < -0.4 is 10.2 Å². The van der Waals surface area contributed by atoms with Gasteiger partial charge in [0.1, 0.15) is 17.2 Å². The molecule has 144 valence electrons. The fourth-order valence-electron chi connectivity index (χ4n) is 3.42. The normalized spacial score (nSPS) is 14.8. The van der Waals surface area contributed by atoms with Crippen molar-refractivity contribution in [2.24, 2.45) is 0 Å². The van der Waals surface area contributed by atoms with E-state index in [-0.39, 0.29) is 30.2 Å². The maximum absolute atomic E-state index is 13.3. The lowest BCUT2D eigenvalue weighted by atomic mass is 9.95. The monoisotopic (exact) mass is 389 g/mol. The predicted octanol–water partition coefficient (Wildman–Crippen LogP) is 3.99. The van der Waals surface area contributed by atoms with Crippen LogP contribution in [0.1, 0.15) is 52.5 Å². The highest BCUT2D eigenvalue weighted by Crippen LogP contribution is 2.24. The summed E-state index contributed by atoms with van der Waals surface area (Å²) >= 11 is 1.30. The van der Waals surface area contributed by atoms with E-state index in [1.807, 2.05) is 6.92 Å². The molecule has 0 bridgehead atoms. The first-order chi connectivity index (χ1) is 12.9. The van der Waals surface area contributed by atoms with Crippen LogP contribution in [0.2, 0.25) is 0 Å². The molecule has 1 heterocycles. The Morgan fingerprint density at radius 2 is 1.85 bits per heavy atom. The molecule has 1 aliphatic carbocycles. The first-order valence-corrected chi connectivity index (χ1v) is 10.1. The maximum Gasteiger partial charge on any atom is 0.270 e. The summed E-state index contributed by atoms with van der Waals surface area (Å²) in [5.41, 5.74) is 1.13. The Kier molecular flexibility index (Phi) is 6.21. The van der Waals surface area contributed by atoms with Gasteiger partial charge in [-0.05, 0) is 51.0 Å². The van der Waals surface area contributed by atoms with Crippen molar-refractivity contribution in [3.05, 3.63) is 45.7 Å². The molecule has 1 saturated carbocycles. The lowest BCUT2D eigenvalue weighted by Crippen LogP contribution is -2.45. The van der Waals surface area contributed by atoms with Gasteiger partial charge in [0.2, 0.25) is 5.91 Å². The number of rotatable bonds is 5. The second-order valence-electron chi connectivity index (χ2n) is 6.92. The van der Waals surface area contributed by atoms with Crippen molar-refractivity contribution < 1.29 is 14.0 Å². The zero-order chi connectivity index (χ0) is 19.4. The number of hydrogen-bond acceptors (Lipinski definition) is 4. The molecule has 1 fully saturated rings. The number of nitrogens with one attached hydrogen (secondary N) is 1. The van der Waals surface area contributed by atoms with Crippen LogP contribution in [0.25, 0.3) is 0 Å². The smallest absolute Gasteiger partial charge is 0.270 e. The Hall–Kier alpha value is -2.28. The summed E-state index contributed by atoms with van der Waals surface area (Å²) in [6.45, 7) is 3.52. The lowest BCUT2D eigenvalue weighted by molar-refractivity contribution is -0.120. The molecule has 0 aliphatic heterocycles. The third-order valence-electron chi connectivity index (χ3n) is 4.75. The summed E-state index contributed by atoms with van der Waals surface area (Å²) in [5.74, 6) is -0.871. The summed E-state index contributed by atoms with van der Waals surface area (Å²) in [5, 5.41) is 3.83. The topological polar surface area (TPSA) is 62.3 Å². The highest BCUT2D eigenvalue weighted by atomic mass is 32.1. The number of carbonyl (C=O) groups is 2. The van der Waals surface area contributed by atoms with Crippen LogP contribution >= 0.6 is 11.3 Å². The minimum Gasteiger partial charge on any atom is -0.352 e. The minimum atomic E-state index is -0.386. The van der Waals surface area contributed by atoms with Gasteiger partial charge in [0.05, 0.1) is 10.7 Å². The lowest BCUT2D eigenvalue weighted by Gasteiger charge is -2.26. The number of thiazole rings is 1. The van der Waals surface area contributed by atoms with Crippen molar-refractivity contribution in [1.29, 1.82) is 0 Å². The predicted molar refractivity (Wildman–Crippen MR) is 105 cm³/mol. The van der Waals surface area contributed by atoms with Crippen LogP contribution in [0.3, 0.4) is 0 Å². The van der Waals surface area contributed by atoms with Crippen LogP contribution in [-0.4, -0.2) is 29.4 Å². The van der Waals surface area contributed by atoms with E-state index >= 15 is 0 Å². The summed E-state index contributed by atoms with van der Waals surface area (Å²) in [7, 11) is 0. The molecule has 0 radical (unpaired) electrons. The zero-order valence-corrected chi connectivity index (χ0v) is 16.4.